The van der Waals surface area contributed by atoms with Crippen LogP contribution in [0.15, 0.2) is 0 Å². The van der Waals surface area contributed by atoms with Crippen molar-refractivity contribution in [1.29, 1.82) is 0 Å². The summed E-state index contributed by atoms with van der Waals surface area (Å²) in [6.07, 6.45) is 2.31. The van der Waals surface area contributed by atoms with Crippen LogP contribution in [0.25, 0.3) is 0 Å². The molecule has 0 N–H and O–H groups in total. The molecule has 0 aromatic carbocycles. The van der Waals surface area contributed by atoms with Crippen LogP contribution in [0.1, 0.15) is 25.7 Å². The average molecular weight is 234 g/mol. The van der Waals surface area contributed by atoms with E-state index in [1.54, 1.807) is 7.11 Å². The number of rotatable bonds is 6. The van der Waals surface area contributed by atoms with Crippen molar-refractivity contribution in [3.05, 3.63) is 0 Å². The molecule has 1 atom stereocenters. The Morgan fingerprint density at radius 3 is 2.73 bits per heavy atom. The first-order valence-electron chi connectivity index (χ1n) is 5.24. The van der Waals surface area contributed by atoms with Crippen LogP contribution in [0.2, 0.25) is 0 Å². The maximum atomic E-state index is 11.4. The summed E-state index contributed by atoms with van der Waals surface area (Å²) in [6.45, 7) is 0.592. The highest BCUT2D eigenvalue weighted by Crippen LogP contribution is 2.22. The molecule has 5 heteroatoms. The maximum Gasteiger partial charge on any atom is 0.150 e. The highest BCUT2D eigenvalue weighted by Gasteiger charge is 2.28. The van der Waals surface area contributed by atoms with E-state index in [2.05, 4.69) is 0 Å². The van der Waals surface area contributed by atoms with Crippen molar-refractivity contribution in [3.8, 4) is 0 Å². The monoisotopic (exact) mass is 234 g/mol. The first-order chi connectivity index (χ1) is 7.03. The zero-order valence-corrected chi connectivity index (χ0v) is 9.88. The topological polar surface area (TPSA) is 60.4 Å². The number of ether oxygens (including phenoxy) is 1. The molecule has 0 aliphatic carbocycles. The van der Waals surface area contributed by atoms with Crippen molar-refractivity contribution < 1.29 is 17.9 Å². The number of hydrogen-bond donors (Lipinski definition) is 0. The van der Waals surface area contributed by atoms with Gasteiger partial charge in [-0.05, 0) is 18.8 Å². The molecule has 1 aliphatic heterocycles. The van der Waals surface area contributed by atoms with E-state index in [1.807, 2.05) is 0 Å². The van der Waals surface area contributed by atoms with Crippen LogP contribution in [0.5, 0.6) is 0 Å². The van der Waals surface area contributed by atoms with E-state index in [9.17, 15) is 13.2 Å². The van der Waals surface area contributed by atoms with Gasteiger partial charge in [0.2, 0.25) is 0 Å². The van der Waals surface area contributed by atoms with Gasteiger partial charge in [0.25, 0.3) is 0 Å². The quantitative estimate of drug-likeness (QED) is 0.638. The summed E-state index contributed by atoms with van der Waals surface area (Å²) >= 11 is 0. The summed E-state index contributed by atoms with van der Waals surface area (Å²) in [5.41, 5.74) is 0. The molecule has 1 rings (SSSR count). The van der Waals surface area contributed by atoms with Crippen molar-refractivity contribution in [2.75, 3.05) is 25.2 Å². The predicted molar refractivity (Wildman–Crippen MR) is 57.5 cm³/mol. The van der Waals surface area contributed by atoms with E-state index in [-0.39, 0.29) is 23.2 Å². The average Bonchev–Trinajstić information content (AvgIpc) is 2.46. The highest BCUT2D eigenvalue weighted by atomic mass is 32.2. The van der Waals surface area contributed by atoms with Gasteiger partial charge in [0.05, 0.1) is 11.5 Å². The zero-order valence-electron chi connectivity index (χ0n) is 9.07. The molecule has 0 bridgehead atoms. The second kappa shape index (κ2) is 5.61. The molecule has 1 heterocycles. The van der Waals surface area contributed by atoms with Crippen molar-refractivity contribution >= 4 is 15.6 Å². The number of carbonyl (C=O) groups excluding carboxylic acids is 1. The molecule has 1 aliphatic rings. The fourth-order valence-electron chi connectivity index (χ4n) is 1.87. The second-order valence-electron chi connectivity index (χ2n) is 4.11. The molecule has 1 unspecified atom stereocenters. The van der Waals surface area contributed by atoms with Gasteiger partial charge in [-0.1, -0.05) is 0 Å². The maximum absolute atomic E-state index is 11.4. The van der Waals surface area contributed by atoms with Gasteiger partial charge in [-0.15, -0.1) is 0 Å². The van der Waals surface area contributed by atoms with E-state index >= 15 is 0 Å². The molecule has 0 aromatic rings. The number of Topliss-reactive ketones (excluding diaryl/α,β-unsaturated/α-hetero) is 1. The van der Waals surface area contributed by atoms with E-state index in [1.165, 1.54) is 0 Å². The molecule has 0 saturated carbocycles. The molecular weight excluding hydrogens is 216 g/mol. The highest BCUT2D eigenvalue weighted by molar-refractivity contribution is 7.91. The summed E-state index contributed by atoms with van der Waals surface area (Å²) in [6, 6.07) is 0. The van der Waals surface area contributed by atoms with E-state index in [0.29, 0.717) is 25.9 Å². The van der Waals surface area contributed by atoms with Crippen LogP contribution in [0, 0.1) is 5.92 Å². The molecule has 0 aromatic heterocycles. The third kappa shape index (κ3) is 4.75. The molecule has 1 fully saturated rings. The minimum atomic E-state index is -2.84. The van der Waals surface area contributed by atoms with Crippen molar-refractivity contribution in [1.82, 2.24) is 0 Å². The van der Waals surface area contributed by atoms with Crippen LogP contribution in [0.3, 0.4) is 0 Å². The minimum absolute atomic E-state index is 0.0602. The normalized spacial score (nSPS) is 24.2. The van der Waals surface area contributed by atoms with Crippen LogP contribution < -0.4 is 0 Å². The van der Waals surface area contributed by atoms with Gasteiger partial charge in [-0.25, -0.2) is 8.42 Å². The molecular formula is C10H18O4S. The van der Waals surface area contributed by atoms with Crippen molar-refractivity contribution in [2.45, 2.75) is 25.7 Å². The van der Waals surface area contributed by atoms with Crippen LogP contribution in [0.4, 0.5) is 0 Å². The van der Waals surface area contributed by atoms with Gasteiger partial charge in [0, 0.05) is 26.6 Å². The Kier molecular flexibility index (Phi) is 4.73. The summed E-state index contributed by atoms with van der Waals surface area (Å²) in [4.78, 5) is 11.4. The fourth-order valence-corrected chi connectivity index (χ4v) is 3.73. The smallest absolute Gasteiger partial charge is 0.150 e. The first kappa shape index (κ1) is 12.6. The van der Waals surface area contributed by atoms with Crippen molar-refractivity contribution in [3.63, 3.8) is 0 Å². The molecule has 0 amide bonds. The van der Waals surface area contributed by atoms with Crippen LogP contribution >= 0.6 is 0 Å². The van der Waals surface area contributed by atoms with Gasteiger partial charge >= 0.3 is 0 Å². The molecule has 0 radical (unpaired) electrons. The number of ketones is 1. The number of carbonyl (C=O) groups is 1. The first-order valence-corrected chi connectivity index (χ1v) is 7.06. The number of hydrogen-bond acceptors (Lipinski definition) is 4. The van der Waals surface area contributed by atoms with Crippen molar-refractivity contribution in [2.24, 2.45) is 5.92 Å². The Morgan fingerprint density at radius 2 is 2.20 bits per heavy atom. The van der Waals surface area contributed by atoms with Gasteiger partial charge in [-0.2, -0.15) is 0 Å². The van der Waals surface area contributed by atoms with Crippen LogP contribution in [-0.4, -0.2) is 39.4 Å². The lowest BCUT2D eigenvalue weighted by Crippen LogP contribution is -2.10. The number of sulfone groups is 1. The lowest BCUT2D eigenvalue weighted by atomic mass is 10.00. The van der Waals surface area contributed by atoms with Crippen LogP contribution in [-0.2, 0) is 19.4 Å². The summed E-state index contributed by atoms with van der Waals surface area (Å²) in [7, 11) is -1.24. The fraction of sp³-hybridized carbons (Fsp3) is 0.900. The lowest BCUT2D eigenvalue weighted by molar-refractivity contribution is -0.120. The second-order valence-corrected chi connectivity index (χ2v) is 6.34. The third-order valence-corrected chi connectivity index (χ3v) is 4.48. The molecule has 15 heavy (non-hydrogen) atoms. The largest absolute Gasteiger partial charge is 0.385 e. The lowest BCUT2D eigenvalue weighted by Gasteiger charge is -2.05. The summed E-state index contributed by atoms with van der Waals surface area (Å²) in [5, 5.41) is 0. The molecule has 1 saturated heterocycles. The Hall–Kier alpha value is -0.420. The van der Waals surface area contributed by atoms with Gasteiger partial charge in [-0.3, -0.25) is 4.79 Å². The summed E-state index contributed by atoms with van der Waals surface area (Å²) < 4.78 is 27.2. The Bertz CT molecular complexity index is 307. The minimum Gasteiger partial charge on any atom is -0.385 e. The standard InChI is InChI=1S/C10H18O4S/c1-14-5-2-3-10(11)7-9-4-6-15(12,13)8-9/h9H,2-8H2,1H3. The summed E-state index contributed by atoms with van der Waals surface area (Å²) in [5.74, 6) is 0.672. The Labute approximate surface area is 90.9 Å². The van der Waals surface area contributed by atoms with Gasteiger partial charge in [0.15, 0.2) is 9.84 Å². The molecule has 4 nitrogen and oxygen atoms in total. The van der Waals surface area contributed by atoms with E-state index in [0.717, 1.165) is 6.42 Å². The van der Waals surface area contributed by atoms with Gasteiger partial charge < -0.3 is 4.74 Å². The molecule has 0 spiro atoms. The molecule has 88 valence electrons. The van der Waals surface area contributed by atoms with E-state index in [4.69, 9.17) is 4.74 Å². The van der Waals surface area contributed by atoms with E-state index < -0.39 is 9.84 Å². The zero-order chi connectivity index (χ0) is 11.3. The SMILES string of the molecule is COCCCC(=O)CC1CCS(=O)(=O)C1. The van der Waals surface area contributed by atoms with Gasteiger partial charge in [0.1, 0.15) is 5.78 Å². The predicted octanol–water partition coefficient (Wildman–Crippen LogP) is 0.807. The number of methoxy groups -OCH3 is 1. The Morgan fingerprint density at radius 1 is 1.47 bits per heavy atom. The Balaban J connectivity index is 2.22. The third-order valence-electron chi connectivity index (χ3n) is 2.65.